The lowest BCUT2D eigenvalue weighted by atomic mass is 9.86. The van der Waals surface area contributed by atoms with Crippen LogP contribution >= 0.6 is 0 Å². The Morgan fingerprint density at radius 2 is 1.89 bits per heavy atom. The van der Waals surface area contributed by atoms with E-state index >= 15 is 0 Å². The summed E-state index contributed by atoms with van der Waals surface area (Å²) in [5.74, 6) is 1.68. The van der Waals surface area contributed by atoms with Crippen molar-refractivity contribution in [3.63, 3.8) is 0 Å². The molecule has 100 valence electrons. The Bertz CT molecular complexity index is 551. The topological polar surface area (TPSA) is 54.7 Å². The predicted molar refractivity (Wildman–Crippen MR) is 77.9 cm³/mol. The summed E-state index contributed by atoms with van der Waals surface area (Å²) >= 11 is 0. The molecule has 3 nitrogen and oxygen atoms in total. The largest absolute Gasteiger partial charge is 0.342 e. The smallest absolute Gasteiger partial charge is 0.109 e. The summed E-state index contributed by atoms with van der Waals surface area (Å²) in [6, 6.07) is 8.81. The van der Waals surface area contributed by atoms with Crippen LogP contribution < -0.4 is 5.73 Å². The van der Waals surface area contributed by atoms with Gasteiger partial charge in [-0.15, -0.1) is 0 Å². The first-order chi connectivity index (χ1) is 9.24. The van der Waals surface area contributed by atoms with E-state index in [0.717, 1.165) is 37.2 Å². The van der Waals surface area contributed by atoms with Crippen LogP contribution in [0.15, 0.2) is 30.5 Å². The number of hydrogen-bond donors (Lipinski definition) is 2. The van der Waals surface area contributed by atoms with Crippen LogP contribution in [-0.4, -0.2) is 16.0 Å². The van der Waals surface area contributed by atoms with Crippen LogP contribution in [0.1, 0.15) is 43.0 Å². The molecule has 1 fully saturated rings. The van der Waals surface area contributed by atoms with E-state index in [-0.39, 0.29) is 0 Å². The Morgan fingerprint density at radius 3 is 2.63 bits per heavy atom. The molecule has 1 saturated carbocycles. The van der Waals surface area contributed by atoms with E-state index in [0.29, 0.717) is 12.0 Å². The second-order valence-electron chi connectivity index (χ2n) is 5.61. The number of benzene rings is 1. The second-order valence-corrected chi connectivity index (χ2v) is 5.61. The summed E-state index contributed by atoms with van der Waals surface area (Å²) in [5.41, 5.74) is 9.61. The van der Waals surface area contributed by atoms with Crippen molar-refractivity contribution in [2.24, 2.45) is 5.73 Å². The van der Waals surface area contributed by atoms with Crippen LogP contribution in [0.5, 0.6) is 0 Å². The fraction of sp³-hybridized carbons (Fsp3) is 0.438. The van der Waals surface area contributed by atoms with Gasteiger partial charge in [0.25, 0.3) is 0 Å². The molecule has 2 aromatic rings. The molecule has 0 unspecified atom stereocenters. The average Bonchev–Trinajstić information content (AvgIpc) is 2.89. The molecule has 0 amide bonds. The summed E-state index contributed by atoms with van der Waals surface area (Å²) in [7, 11) is 0. The third-order valence-electron chi connectivity index (χ3n) is 4.19. The highest BCUT2D eigenvalue weighted by Gasteiger charge is 2.22. The molecule has 19 heavy (non-hydrogen) atoms. The zero-order valence-electron chi connectivity index (χ0n) is 11.4. The maximum atomic E-state index is 5.96. The van der Waals surface area contributed by atoms with E-state index in [4.69, 9.17) is 5.73 Å². The third kappa shape index (κ3) is 2.56. The Morgan fingerprint density at radius 1 is 1.16 bits per heavy atom. The van der Waals surface area contributed by atoms with Gasteiger partial charge in [0, 0.05) is 17.5 Å². The molecule has 3 heteroatoms. The van der Waals surface area contributed by atoms with Gasteiger partial charge in [0.15, 0.2) is 0 Å². The number of nitrogens with zero attached hydrogens (tertiary/aromatic N) is 1. The van der Waals surface area contributed by atoms with Gasteiger partial charge in [-0.3, -0.25) is 0 Å². The molecular weight excluding hydrogens is 234 g/mol. The normalized spacial score (nSPS) is 23.5. The molecule has 0 radical (unpaired) electrons. The first-order valence-corrected chi connectivity index (χ1v) is 7.10. The highest BCUT2D eigenvalue weighted by molar-refractivity contribution is 5.62. The number of hydrogen-bond acceptors (Lipinski definition) is 2. The summed E-state index contributed by atoms with van der Waals surface area (Å²) in [6.45, 7) is 2.13. The van der Waals surface area contributed by atoms with E-state index in [1.807, 2.05) is 6.20 Å². The Balaban J connectivity index is 1.82. The standard InChI is InChI=1S/C16H21N3/c1-11-4-2-3-5-14(11)15-10-18-16(19-15)12-6-8-13(17)9-7-12/h2-5,10,12-13H,6-9,17H2,1H3,(H,18,19). The minimum Gasteiger partial charge on any atom is -0.342 e. The van der Waals surface area contributed by atoms with Gasteiger partial charge in [-0.1, -0.05) is 24.3 Å². The Hall–Kier alpha value is -1.61. The quantitative estimate of drug-likeness (QED) is 0.864. The highest BCUT2D eigenvalue weighted by atomic mass is 14.9. The van der Waals surface area contributed by atoms with Crippen LogP contribution in [0.25, 0.3) is 11.3 Å². The monoisotopic (exact) mass is 255 g/mol. The van der Waals surface area contributed by atoms with Crippen LogP contribution in [0, 0.1) is 6.92 Å². The van der Waals surface area contributed by atoms with Crippen molar-refractivity contribution < 1.29 is 0 Å². The van der Waals surface area contributed by atoms with Gasteiger partial charge in [-0.2, -0.15) is 0 Å². The zero-order valence-corrected chi connectivity index (χ0v) is 11.4. The molecule has 3 rings (SSSR count). The molecule has 1 aliphatic carbocycles. The molecule has 0 saturated heterocycles. The van der Waals surface area contributed by atoms with Crippen molar-refractivity contribution in [3.8, 4) is 11.3 Å². The maximum Gasteiger partial charge on any atom is 0.109 e. The lowest BCUT2D eigenvalue weighted by Gasteiger charge is -2.24. The van der Waals surface area contributed by atoms with Crippen molar-refractivity contribution in [1.82, 2.24) is 9.97 Å². The number of imidazole rings is 1. The van der Waals surface area contributed by atoms with Gasteiger partial charge in [0.1, 0.15) is 5.82 Å². The molecule has 0 atom stereocenters. The molecule has 0 aliphatic heterocycles. The molecule has 0 spiro atoms. The molecule has 1 aromatic carbocycles. The summed E-state index contributed by atoms with van der Waals surface area (Å²) < 4.78 is 0. The first-order valence-electron chi connectivity index (χ1n) is 7.10. The predicted octanol–water partition coefficient (Wildman–Crippen LogP) is 3.37. The molecule has 3 N–H and O–H groups in total. The Labute approximate surface area is 114 Å². The van der Waals surface area contributed by atoms with Crippen LogP contribution in [-0.2, 0) is 0 Å². The summed E-state index contributed by atoms with van der Waals surface area (Å²) in [4.78, 5) is 8.09. The number of aromatic amines is 1. The second kappa shape index (κ2) is 5.17. The van der Waals surface area contributed by atoms with Crippen molar-refractivity contribution in [2.45, 2.75) is 44.6 Å². The summed E-state index contributed by atoms with van der Waals surface area (Å²) in [5, 5.41) is 0. The van der Waals surface area contributed by atoms with Crippen LogP contribution in [0.2, 0.25) is 0 Å². The van der Waals surface area contributed by atoms with Gasteiger partial charge < -0.3 is 10.7 Å². The van der Waals surface area contributed by atoms with E-state index < -0.39 is 0 Å². The van der Waals surface area contributed by atoms with Crippen LogP contribution in [0.4, 0.5) is 0 Å². The van der Waals surface area contributed by atoms with E-state index in [1.54, 1.807) is 0 Å². The summed E-state index contributed by atoms with van der Waals surface area (Å²) in [6.07, 6.45) is 6.51. The minimum atomic E-state index is 0.391. The molecule has 1 aromatic heterocycles. The first kappa shape index (κ1) is 12.4. The number of H-pyrrole nitrogens is 1. The van der Waals surface area contributed by atoms with Crippen molar-refractivity contribution >= 4 is 0 Å². The molecule has 0 bridgehead atoms. The van der Waals surface area contributed by atoms with Crippen molar-refractivity contribution in [3.05, 3.63) is 41.9 Å². The number of nitrogens with two attached hydrogens (primary N) is 1. The van der Waals surface area contributed by atoms with E-state index in [9.17, 15) is 0 Å². The fourth-order valence-electron chi connectivity index (χ4n) is 2.95. The molecule has 1 aliphatic rings. The molecule has 1 heterocycles. The van der Waals surface area contributed by atoms with Gasteiger partial charge in [0.2, 0.25) is 0 Å². The number of rotatable bonds is 2. The SMILES string of the molecule is Cc1ccccc1-c1cnc(C2CCC(N)CC2)[nH]1. The van der Waals surface area contributed by atoms with Crippen molar-refractivity contribution in [1.29, 1.82) is 0 Å². The van der Waals surface area contributed by atoms with Gasteiger partial charge >= 0.3 is 0 Å². The number of nitrogens with one attached hydrogen (secondary N) is 1. The lowest BCUT2D eigenvalue weighted by Crippen LogP contribution is -2.26. The molecular formula is C16H21N3. The average molecular weight is 255 g/mol. The minimum absolute atomic E-state index is 0.391. The van der Waals surface area contributed by atoms with Gasteiger partial charge in [0.05, 0.1) is 11.9 Å². The maximum absolute atomic E-state index is 5.96. The third-order valence-corrected chi connectivity index (χ3v) is 4.19. The number of aryl methyl sites for hydroxylation is 1. The van der Waals surface area contributed by atoms with Gasteiger partial charge in [-0.25, -0.2) is 4.98 Å². The Kier molecular flexibility index (Phi) is 3.38. The van der Waals surface area contributed by atoms with Crippen molar-refractivity contribution in [2.75, 3.05) is 0 Å². The van der Waals surface area contributed by atoms with E-state index in [1.165, 1.54) is 11.1 Å². The zero-order chi connectivity index (χ0) is 13.2. The van der Waals surface area contributed by atoms with Crippen LogP contribution in [0.3, 0.4) is 0 Å². The lowest BCUT2D eigenvalue weighted by molar-refractivity contribution is 0.386. The van der Waals surface area contributed by atoms with Gasteiger partial charge in [-0.05, 0) is 38.2 Å². The highest BCUT2D eigenvalue weighted by Crippen LogP contribution is 2.32. The fourth-order valence-corrected chi connectivity index (χ4v) is 2.95. The van der Waals surface area contributed by atoms with E-state index in [2.05, 4.69) is 41.2 Å². The number of aromatic nitrogens is 2.